The minimum absolute atomic E-state index is 0.212. The zero-order valence-corrected chi connectivity index (χ0v) is 8.05. The van der Waals surface area contributed by atoms with Crippen LogP contribution in [0.15, 0.2) is 12.3 Å². The summed E-state index contributed by atoms with van der Waals surface area (Å²) in [5.74, 6) is 1.53. The first-order valence-electron chi connectivity index (χ1n) is 4.53. The van der Waals surface area contributed by atoms with Crippen molar-refractivity contribution in [2.24, 2.45) is 0 Å². The van der Waals surface area contributed by atoms with E-state index in [1.807, 2.05) is 11.0 Å². The van der Waals surface area contributed by atoms with E-state index >= 15 is 0 Å². The maximum absolute atomic E-state index is 9.14. The average molecular weight is 195 g/mol. The van der Waals surface area contributed by atoms with E-state index in [4.69, 9.17) is 9.84 Å². The fraction of sp³-hybridized carbons (Fsp3) is 0.556. The second-order valence-electron chi connectivity index (χ2n) is 3.32. The van der Waals surface area contributed by atoms with Gasteiger partial charge in [0.2, 0.25) is 0 Å². The molecule has 1 saturated heterocycles. The van der Waals surface area contributed by atoms with E-state index < -0.39 is 0 Å². The molecular weight excluding hydrogens is 182 g/mol. The number of nitrogens with zero attached hydrogens (tertiary/aromatic N) is 3. The highest BCUT2D eigenvalue weighted by atomic mass is 16.5. The van der Waals surface area contributed by atoms with Crippen LogP contribution in [0.25, 0.3) is 0 Å². The fourth-order valence-electron chi connectivity index (χ4n) is 1.41. The quantitative estimate of drug-likeness (QED) is 0.724. The van der Waals surface area contributed by atoms with Crippen LogP contribution in [0.3, 0.4) is 0 Å². The third kappa shape index (κ3) is 1.83. The van der Waals surface area contributed by atoms with Crippen molar-refractivity contribution in [3.05, 3.63) is 18.1 Å². The van der Waals surface area contributed by atoms with E-state index in [0.29, 0.717) is 25.5 Å². The lowest BCUT2D eigenvalue weighted by Crippen LogP contribution is -2.51. The first-order chi connectivity index (χ1) is 6.79. The minimum atomic E-state index is -0.212. The second kappa shape index (κ2) is 3.89. The van der Waals surface area contributed by atoms with Crippen molar-refractivity contribution in [2.45, 2.75) is 12.7 Å². The van der Waals surface area contributed by atoms with Crippen LogP contribution in [0.1, 0.15) is 5.82 Å². The van der Waals surface area contributed by atoms with E-state index in [1.165, 1.54) is 0 Å². The number of hydrogen-bond donors (Lipinski definition) is 1. The smallest absolute Gasteiger partial charge is 0.156 e. The van der Waals surface area contributed by atoms with Gasteiger partial charge in [0.25, 0.3) is 0 Å². The lowest BCUT2D eigenvalue weighted by Gasteiger charge is -2.36. The molecule has 0 amide bonds. The van der Waals surface area contributed by atoms with Gasteiger partial charge in [-0.2, -0.15) is 0 Å². The summed E-state index contributed by atoms with van der Waals surface area (Å²) < 4.78 is 4.94. The Kier molecular flexibility index (Phi) is 2.60. The van der Waals surface area contributed by atoms with Crippen molar-refractivity contribution in [1.82, 2.24) is 9.97 Å². The van der Waals surface area contributed by atoms with Gasteiger partial charge in [0.15, 0.2) is 5.82 Å². The topological polar surface area (TPSA) is 58.5 Å². The zero-order valence-electron chi connectivity index (χ0n) is 8.05. The predicted octanol–water partition coefficient (Wildman–Crippen LogP) is -0.196. The highest BCUT2D eigenvalue weighted by Gasteiger charge is 2.25. The summed E-state index contributed by atoms with van der Waals surface area (Å²) in [7, 11) is 1.61. The first kappa shape index (κ1) is 9.36. The molecule has 76 valence electrons. The third-order valence-corrected chi connectivity index (χ3v) is 2.15. The Labute approximate surface area is 82.4 Å². The number of hydrogen-bond acceptors (Lipinski definition) is 5. The molecule has 1 fully saturated rings. The molecule has 1 aliphatic heterocycles. The summed E-state index contributed by atoms with van der Waals surface area (Å²) in [4.78, 5) is 10.4. The molecule has 1 aromatic heterocycles. The maximum Gasteiger partial charge on any atom is 0.156 e. The number of aliphatic hydroxyl groups is 1. The summed E-state index contributed by atoms with van der Waals surface area (Å²) in [6, 6.07) is 1.84. The largest absolute Gasteiger partial charge is 0.389 e. The number of rotatable bonds is 3. The Balaban J connectivity index is 2.06. The number of β-amino-alcohol motifs (C(OH)–C–C–N with tert-alkyl or cyclic N) is 1. The minimum Gasteiger partial charge on any atom is -0.389 e. The molecule has 0 spiro atoms. The van der Waals surface area contributed by atoms with Gasteiger partial charge in [-0.1, -0.05) is 0 Å². The van der Waals surface area contributed by atoms with Gasteiger partial charge in [0.05, 0.1) is 6.10 Å². The molecule has 0 unspecified atom stereocenters. The third-order valence-electron chi connectivity index (χ3n) is 2.15. The van der Waals surface area contributed by atoms with E-state index in [-0.39, 0.29) is 6.10 Å². The maximum atomic E-state index is 9.14. The molecule has 1 aromatic rings. The van der Waals surface area contributed by atoms with Gasteiger partial charge in [-0.15, -0.1) is 0 Å². The Morgan fingerprint density at radius 1 is 1.64 bits per heavy atom. The Bertz CT molecular complexity index is 313. The Hall–Kier alpha value is -1.20. The normalized spacial score (nSPS) is 16.9. The number of aromatic nitrogens is 2. The zero-order chi connectivity index (χ0) is 9.97. The highest BCUT2D eigenvalue weighted by molar-refractivity contribution is 5.41. The Morgan fingerprint density at radius 3 is 3.07 bits per heavy atom. The average Bonchev–Trinajstić information content (AvgIpc) is 2.14. The van der Waals surface area contributed by atoms with Crippen molar-refractivity contribution < 1.29 is 9.84 Å². The second-order valence-corrected chi connectivity index (χ2v) is 3.32. The predicted molar refractivity (Wildman–Crippen MR) is 51.0 cm³/mol. The van der Waals surface area contributed by atoms with E-state index in [2.05, 4.69) is 9.97 Å². The van der Waals surface area contributed by atoms with Crippen LogP contribution in [0, 0.1) is 0 Å². The van der Waals surface area contributed by atoms with E-state index in [1.54, 1.807) is 13.3 Å². The molecule has 0 atom stereocenters. The van der Waals surface area contributed by atoms with Crippen molar-refractivity contribution in [3.63, 3.8) is 0 Å². The van der Waals surface area contributed by atoms with Crippen LogP contribution in [0.5, 0.6) is 0 Å². The number of anilines is 1. The standard InChI is InChI=1S/C9H13N3O2/c1-14-6-8-10-3-2-9(11-8)12-4-7(13)5-12/h2-3,7,13H,4-6H2,1H3. The summed E-state index contributed by atoms with van der Waals surface area (Å²) in [5.41, 5.74) is 0. The fourth-order valence-corrected chi connectivity index (χ4v) is 1.41. The molecule has 1 aliphatic rings. The number of methoxy groups -OCH3 is 1. The van der Waals surface area contributed by atoms with Crippen molar-refractivity contribution in [1.29, 1.82) is 0 Å². The van der Waals surface area contributed by atoms with E-state index in [9.17, 15) is 0 Å². The molecule has 0 saturated carbocycles. The Morgan fingerprint density at radius 2 is 2.43 bits per heavy atom. The van der Waals surface area contributed by atoms with Crippen LogP contribution in [0.4, 0.5) is 5.82 Å². The van der Waals surface area contributed by atoms with Crippen LogP contribution in [-0.2, 0) is 11.3 Å². The first-order valence-corrected chi connectivity index (χ1v) is 4.53. The number of ether oxygens (including phenoxy) is 1. The summed E-state index contributed by atoms with van der Waals surface area (Å²) >= 11 is 0. The summed E-state index contributed by atoms with van der Waals surface area (Å²) in [6.45, 7) is 1.73. The van der Waals surface area contributed by atoms with Crippen LogP contribution >= 0.6 is 0 Å². The molecule has 0 radical (unpaired) electrons. The van der Waals surface area contributed by atoms with Gasteiger partial charge in [-0.25, -0.2) is 9.97 Å². The van der Waals surface area contributed by atoms with Crippen LogP contribution in [0.2, 0.25) is 0 Å². The lowest BCUT2D eigenvalue weighted by atomic mass is 10.2. The van der Waals surface area contributed by atoms with Gasteiger partial charge < -0.3 is 14.7 Å². The van der Waals surface area contributed by atoms with E-state index in [0.717, 1.165) is 5.82 Å². The highest BCUT2D eigenvalue weighted by Crippen LogP contribution is 2.17. The molecule has 5 heteroatoms. The lowest BCUT2D eigenvalue weighted by molar-refractivity contribution is 0.141. The molecule has 14 heavy (non-hydrogen) atoms. The van der Waals surface area contributed by atoms with Crippen LogP contribution < -0.4 is 4.90 Å². The molecule has 0 bridgehead atoms. The van der Waals surface area contributed by atoms with Gasteiger partial charge >= 0.3 is 0 Å². The molecule has 1 N–H and O–H groups in total. The monoisotopic (exact) mass is 195 g/mol. The SMILES string of the molecule is COCc1nccc(N2CC(O)C2)n1. The summed E-state index contributed by atoms with van der Waals surface area (Å²) in [5, 5.41) is 9.14. The van der Waals surface area contributed by atoms with Gasteiger partial charge in [0, 0.05) is 26.4 Å². The van der Waals surface area contributed by atoms with Crippen molar-refractivity contribution >= 4 is 5.82 Å². The number of aliphatic hydroxyl groups excluding tert-OH is 1. The molecule has 5 nitrogen and oxygen atoms in total. The molecule has 2 rings (SSSR count). The van der Waals surface area contributed by atoms with Crippen LogP contribution in [-0.4, -0.2) is 41.4 Å². The van der Waals surface area contributed by atoms with Crippen molar-refractivity contribution in [3.8, 4) is 0 Å². The van der Waals surface area contributed by atoms with Gasteiger partial charge in [-0.3, -0.25) is 0 Å². The van der Waals surface area contributed by atoms with Gasteiger partial charge in [-0.05, 0) is 6.07 Å². The summed E-state index contributed by atoms with van der Waals surface area (Å²) in [6.07, 6.45) is 1.50. The molecular formula is C9H13N3O2. The van der Waals surface area contributed by atoms with Gasteiger partial charge in [0.1, 0.15) is 12.4 Å². The molecule has 2 heterocycles. The molecule has 0 aliphatic carbocycles. The van der Waals surface area contributed by atoms with Crippen molar-refractivity contribution in [2.75, 3.05) is 25.1 Å². The molecule has 0 aromatic carbocycles.